The molecule has 0 radical (unpaired) electrons. The Hall–Kier alpha value is -3.06. The molecule has 2 aromatic heterocycles. The smallest absolute Gasteiger partial charge is 0.336 e. The van der Waals surface area contributed by atoms with Gasteiger partial charge in [0.25, 0.3) is 0 Å². The lowest BCUT2D eigenvalue weighted by Crippen LogP contribution is -2.43. The second kappa shape index (κ2) is 7.52. The van der Waals surface area contributed by atoms with Crippen molar-refractivity contribution in [2.45, 2.75) is 39.4 Å². The molecule has 3 aromatic rings. The molecule has 148 valence electrons. The van der Waals surface area contributed by atoms with Gasteiger partial charge in [0.2, 0.25) is 0 Å². The molecule has 2 heterocycles. The summed E-state index contributed by atoms with van der Waals surface area (Å²) in [5, 5.41) is 11.6. The van der Waals surface area contributed by atoms with Crippen molar-refractivity contribution in [3.05, 3.63) is 52.6 Å². The fourth-order valence-corrected chi connectivity index (χ4v) is 2.72. The van der Waals surface area contributed by atoms with Crippen molar-refractivity contribution >= 4 is 27.9 Å². The summed E-state index contributed by atoms with van der Waals surface area (Å²) in [4.78, 5) is 23.6. The van der Waals surface area contributed by atoms with E-state index in [2.05, 4.69) is 0 Å². The number of hydrogen-bond donors (Lipinski definition) is 1. The predicted molar refractivity (Wildman–Crippen MR) is 103 cm³/mol. The largest absolute Gasteiger partial charge is 0.488 e. The van der Waals surface area contributed by atoms with Crippen LogP contribution in [0.1, 0.15) is 27.7 Å². The highest BCUT2D eigenvalue weighted by Crippen LogP contribution is 2.35. The van der Waals surface area contributed by atoms with E-state index in [1.54, 1.807) is 32.0 Å². The minimum absolute atomic E-state index is 0.107. The Bertz CT molecular complexity index is 1090. The summed E-state index contributed by atoms with van der Waals surface area (Å²) in [6, 6.07) is 6.23. The molecule has 7 nitrogen and oxygen atoms in total. The molecule has 1 N–H and O–H groups in total. The van der Waals surface area contributed by atoms with Gasteiger partial charge in [0.05, 0.1) is 22.6 Å². The van der Waals surface area contributed by atoms with Crippen molar-refractivity contribution in [1.82, 2.24) is 0 Å². The number of benzene rings is 1. The lowest BCUT2D eigenvalue weighted by molar-refractivity contribution is -0.159. The van der Waals surface area contributed by atoms with Gasteiger partial charge in [0.1, 0.15) is 23.5 Å². The standard InChI is InChI=1S/C21H22O7/c1-12(2)9-19(23)28-17(21(3,4)24)11-26-20-13-5-6-18(22)27-16(13)10-15-14(20)7-8-25-15/h5-10,17,24H,11H2,1-4H3/t17-/m0/s1. The van der Waals surface area contributed by atoms with Crippen LogP contribution in [-0.2, 0) is 9.53 Å². The van der Waals surface area contributed by atoms with Crippen molar-refractivity contribution < 1.29 is 28.2 Å². The SMILES string of the molecule is CC(C)=CC(=O)O[C@@H](COc1c2ccoc2cc2oc(=O)ccc12)C(C)(C)O. The first-order valence-corrected chi connectivity index (χ1v) is 8.80. The van der Waals surface area contributed by atoms with Gasteiger partial charge < -0.3 is 23.4 Å². The van der Waals surface area contributed by atoms with Gasteiger partial charge in [-0.25, -0.2) is 9.59 Å². The first-order chi connectivity index (χ1) is 13.1. The molecule has 0 amide bonds. The van der Waals surface area contributed by atoms with Crippen LogP contribution in [0.15, 0.2) is 55.8 Å². The summed E-state index contributed by atoms with van der Waals surface area (Å²) in [5.41, 5.74) is -0.249. The van der Waals surface area contributed by atoms with Gasteiger partial charge in [-0.3, -0.25) is 0 Å². The summed E-state index contributed by atoms with van der Waals surface area (Å²) in [6.45, 7) is 6.51. The monoisotopic (exact) mass is 386 g/mol. The minimum atomic E-state index is -1.34. The average Bonchev–Trinajstić information content (AvgIpc) is 3.03. The van der Waals surface area contributed by atoms with Crippen LogP contribution in [0.25, 0.3) is 21.9 Å². The number of ether oxygens (including phenoxy) is 2. The third-order valence-electron chi connectivity index (χ3n) is 4.14. The molecule has 3 rings (SSSR count). The molecule has 28 heavy (non-hydrogen) atoms. The Balaban J connectivity index is 1.95. The van der Waals surface area contributed by atoms with Crippen LogP contribution in [0.2, 0.25) is 0 Å². The molecule has 1 aromatic carbocycles. The van der Waals surface area contributed by atoms with Crippen molar-refractivity contribution in [3.63, 3.8) is 0 Å². The zero-order chi connectivity index (χ0) is 20.5. The number of aliphatic hydroxyl groups is 1. The third-order valence-corrected chi connectivity index (χ3v) is 4.14. The van der Waals surface area contributed by atoms with Gasteiger partial charge in [-0.2, -0.15) is 0 Å². The second-order valence-corrected chi connectivity index (χ2v) is 7.32. The molecule has 0 aliphatic carbocycles. The van der Waals surface area contributed by atoms with Crippen LogP contribution < -0.4 is 10.4 Å². The molecule has 0 spiro atoms. The molecule has 0 unspecified atom stereocenters. The van der Waals surface area contributed by atoms with E-state index in [4.69, 9.17) is 18.3 Å². The fourth-order valence-electron chi connectivity index (χ4n) is 2.72. The Morgan fingerprint density at radius 1 is 1.21 bits per heavy atom. The van der Waals surface area contributed by atoms with Gasteiger partial charge in [0.15, 0.2) is 6.10 Å². The highest BCUT2D eigenvalue weighted by molar-refractivity contribution is 6.01. The molecule has 0 aliphatic rings. The molecule has 0 bridgehead atoms. The molecule has 0 saturated heterocycles. The number of carbonyl (C=O) groups excluding carboxylic acids is 1. The summed E-state index contributed by atoms with van der Waals surface area (Å²) in [6.07, 6.45) is 1.92. The van der Waals surface area contributed by atoms with E-state index in [9.17, 15) is 14.7 Å². The van der Waals surface area contributed by atoms with Crippen LogP contribution in [0.5, 0.6) is 5.75 Å². The minimum Gasteiger partial charge on any atom is -0.488 e. The van der Waals surface area contributed by atoms with E-state index < -0.39 is 23.3 Å². The predicted octanol–water partition coefficient (Wildman–Crippen LogP) is 3.57. The Morgan fingerprint density at radius 2 is 1.93 bits per heavy atom. The Kier molecular flexibility index (Phi) is 5.29. The van der Waals surface area contributed by atoms with Crippen LogP contribution in [0.3, 0.4) is 0 Å². The highest BCUT2D eigenvalue weighted by atomic mass is 16.6. The molecule has 1 atom stereocenters. The van der Waals surface area contributed by atoms with Crippen LogP contribution >= 0.6 is 0 Å². The lowest BCUT2D eigenvalue weighted by Gasteiger charge is -2.28. The molecule has 0 fully saturated rings. The number of carbonyl (C=O) groups is 1. The first-order valence-electron chi connectivity index (χ1n) is 8.80. The number of hydrogen-bond acceptors (Lipinski definition) is 7. The zero-order valence-corrected chi connectivity index (χ0v) is 16.1. The second-order valence-electron chi connectivity index (χ2n) is 7.32. The van der Waals surface area contributed by atoms with Crippen molar-refractivity contribution in [1.29, 1.82) is 0 Å². The van der Waals surface area contributed by atoms with Gasteiger partial charge in [-0.05, 0) is 39.8 Å². The lowest BCUT2D eigenvalue weighted by atomic mass is 10.0. The number of esters is 1. The first kappa shape index (κ1) is 19.7. The maximum Gasteiger partial charge on any atom is 0.336 e. The number of rotatable bonds is 6. The van der Waals surface area contributed by atoms with Crippen molar-refractivity contribution in [2.75, 3.05) is 6.61 Å². The van der Waals surface area contributed by atoms with E-state index in [-0.39, 0.29) is 6.61 Å². The molecule has 7 heteroatoms. The van der Waals surface area contributed by atoms with Crippen LogP contribution in [0.4, 0.5) is 0 Å². The fraction of sp³-hybridized carbons (Fsp3) is 0.333. The molecule has 0 saturated carbocycles. The van der Waals surface area contributed by atoms with E-state index in [1.807, 2.05) is 0 Å². The van der Waals surface area contributed by atoms with E-state index >= 15 is 0 Å². The molecular weight excluding hydrogens is 364 g/mol. The van der Waals surface area contributed by atoms with Crippen LogP contribution in [-0.4, -0.2) is 29.4 Å². The average molecular weight is 386 g/mol. The zero-order valence-electron chi connectivity index (χ0n) is 16.1. The number of furan rings is 1. The van der Waals surface area contributed by atoms with Crippen molar-refractivity contribution in [2.24, 2.45) is 0 Å². The van der Waals surface area contributed by atoms with E-state index in [0.29, 0.717) is 27.7 Å². The molecular formula is C21H22O7. The van der Waals surface area contributed by atoms with Crippen molar-refractivity contribution in [3.8, 4) is 5.75 Å². The third kappa shape index (κ3) is 4.26. The van der Waals surface area contributed by atoms with E-state index in [1.165, 1.54) is 32.3 Å². The Morgan fingerprint density at radius 3 is 2.61 bits per heavy atom. The summed E-state index contributed by atoms with van der Waals surface area (Å²) in [7, 11) is 0. The topological polar surface area (TPSA) is 99.1 Å². The van der Waals surface area contributed by atoms with E-state index in [0.717, 1.165) is 5.57 Å². The summed E-state index contributed by atoms with van der Waals surface area (Å²) >= 11 is 0. The summed E-state index contributed by atoms with van der Waals surface area (Å²) in [5.74, 6) is -0.148. The highest BCUT2D eigenvalue weighted by Gasteiger charge is 2.31. The normalized spacial score (nSPS) is 12.8. The van der Waals surface area contributed by atoms with Gasteiger partial charge in [-0.1, -0.05) is 5.57 Å². The van der Waals surface area contributed by atoms with Gasteiger partial charge in [-0.15, -0.1) is 0 Å². The Labute approximate surface area is 161 Å². The van der Waals surface area contributed by atoms with Gasteiger partial charge in [0, 0.05) is 18.2 Å². The quantitative estimate of drug-likeness (QED) is 0.393. The maximum atomic E-state index is 12.0. The molecule has 0 aliphatic heterocycles. The van der Waals surface area contributed by atoms with Crippen LogP contribution in [0, 0.1) is 0 Å². The maximum absolute atomic E-state index is 12.0. The number of allylic oxidation sites excluding steroid dienone is 1. The number of fused-ring (bicyclic) bond motifs is 2. The summed E-state index contributed by atoms with van der Waals surface area (Å²) < 4.78 is 22.0. The van der Waals surface area contributed by atoms with Gasteiger partial charge >= 0.3 is 11.6 Å².